The molecule has 0 spiro atoms. The fraction of sp³-hybridized carbons (Fsp3) is 0.333. The van der Waals surface area contributed by atoms with E-state index >= 15 is 0 Å². The summed E-state index contributed by atoms with van der Waals surface area (Å²) in [5, 5.41) is 19.3. The number of halogens is 1. The van der Waals surface area contributed by atoms with Gasteiger partial charge in [-0.1, -0.05) is 0 Å². The van der Waals surface area contributed by atoms with Crippen molar-refractivity contribution in [1.29, 1.82) is 0 Å². The minimum atomic E-state index is -0.842. The topological polar surface area (TPSA) is 112 Å². The summed E-state index contributed by atoms with van der Waals surface area (Å²) < 4.78 is 13.4. The normalized spacial score (nSPS) is 24.5. The van der Waals surface area contributed by atoms with Crippen LogP contribution in [-0.4, -0.2) is 57.3 Å². The maximum atomic E-state index is 13.4. The van der Waals surface area contributed by atoms with Gasteiger partial charge in [-0.3, -0.25) is 4.79 Å². The molecule has 9 nitrogen and oxygen atoms in total. The van der Waals surface area contributed by atoms with E-state index in [9.17, 15) is 9.18 Å². The van der Waals surface area contributed by atoms with Crippen LogP contribution in [0.1, 0.15) is 6.42 Å². The van der Waals surface area contributed by atoms with Crippen LogP contribution in [-0.2, 0) is 4.79 Å². The summed E-state index contributed by atoms with van der Waals surface area (Å²) in [5.41, 5.74) is 6.36. The van der Waals surface area contributed by atoms with Gasteiger partial charge in [0.1, 0.15) is 23.9 Å². The molecular weight excluding hydrogens is 327 g/mol. The number of hydrazone groups is 1. The summed E-state index contributed by atoms with van der Waals surface area (Å²) in [4.78, 5) is 14.4. The monoisotopic (exact) mass is 344 g/mol. The van der Waals surface area contributed by atoms with E-state index in [0.29, 0.717) is 36.7 Å². The highest BCUT2D eigenvalue weighted by atomic mass is 19.1. The number of likely N-dealkylation sites (tertiary alicyclic amines) is 1. The molecule has 0 aliphatic carbocycles. The zero-order chi connectivity index (χ0) is 17.4. The van der Waals surface area contributed by atoms with Gasteiger partial charge in [-0.25, -0.2) is 9.40 Å². The van der Waals surface area contributed by atoms with E-state index < -0.39 is 12.1 Å². The number of hydrogen-bond donors (Lipinski definition) is 3. The molecule has 3 aliphatic heterocycles. The number of fused-ring (bicyclic) bond motifs is 1. The summed E-state index contributed by atoms with van der Waals surface area (Å²) >= 11 is 0. The van der Waals surface area contributed by atoms with Gasteiger partial charge in [0.05, 0.1) is 18.4 Å². The van der Waals surface area contributed by atoms with Gasteiger partial charge in [-0.15, -0.1) is 5.10 Å². The molecule has 1 unspecified atom stereocenters. The molecule has 4 heterocycles. The number of amidine groups is 1. The molecule has 1 fully saturated rings. The first-order valence-electron chi connectivity index (χ1n) is 7.91. The van der Waals surface area contributed by atoms with Gasteiger partial charge >= 0.3 is 0 Å². The van der Waals surface area contributed by atoms with Crippen LogP contribution >= 0.6 is 0 Å². The zero-order valence-electron chi connectivity index (χ0n) is 13.3. The summed E-state index contributed by atoms with van der Waals surface area (Å²) in [6.45, 7) is 0.930. The third kappa shape index (κ3) is 2.97. The Morgan fingerprint density at radius 2 is 2.36 bits per heavy atom. The molecule has 4 N–H and O–H groups in total. The Hall–Kier alpha value is -3.17. The first kappa shape index (κ1) is 15.4. The number of nitrogens with zero attached hydrogens (tertiary/aromatic N) is 5. The smallest absolute Gasteiger partial charge is 0.276 e. The van der Waals surface area contributed by atoms with Crippen LogP contribution < -0.4 is 16.4 Å². The van der Waals surface area contributed by atoms with Crippen molar-refractivity contribution < 1.29 is 9.18 Å². The van der Waals surface area contributed by atoms with Crippen LogP contribution in [0.2, 0.25) is 0 Å². The molecular formula is C15H17FN8O. The van der Waals surface area contributed by atoms with E-state index in [1.165, 1.54) is 12.3 Å². The highest BCUT2D eigenvalue weighted by molar-refractivity contribution is 6.03. The minimum Gasteiger partial charge on any atom is -0.397 e. The summed E-state index contributed by atoms with van der Waals surface area (Å²) in [5.74, 6) is 0.506. The predicted molar refractivity (Wildman–Crippen MR) is 89.6 cm³/mol. The molecule has 1 amide bonds. The van der Waals surface area contributed by atoms with Gasteiger partial charge in [0.25, 0.3) is 5.91 Å². The van der Waals surface area contributed by atoms with Gasteiger partial charge < -0.3 is 21.3 Å². The Kier molecular flexibility index (Phi) is 3.71. The van der Waals surface area contributed by atoms with Crippen LogP contribution in [0.15, 0.2) is 41.4 Å². The first-order valence-corrected chi connectivity index (χ1v) is 7.91. The molecule has 0 bridgehead atoms. The third-order valence-electron chi connectivity index (χ3n) is 4.14. The van der Waals surface area contributed by atoms with E-state index in [4.69, 9.17) is 5.73 Å². The number of carbonyl (C=O) groups excluding carboxylic acids is 1. The molecule has 0 radical (unpaired) electrons. The lowest BCUT2D eigenvalue weighted by atomic mass is 10.3. The van der Waals surface area contributed by atoms with E-state index in [1.54, 1.807) is 11.2 Å². The fourth-order valence-electron chi connectivity index (χ4n) is 2.91. The lowest BCUT2D eigenvalue weighted by Gasteiger charge is -2.28. The van der Waals surface area contributed by atoms with E-state index in [2.05, 4.69) is 25.9 Å². The third-order valence-corrected chi connectivity index (χ3v) is 4.14. The maximum absolute atomic E-state index is 13.4. The number of rotatable bonds is 2. The van der Waals surface area contributed by atoms with Gasteiger partial charge in [0, 0.05) is 18.8 Å². The van der Waals surface area contributed by atoms with Gasteiger partial charge in [0.2, 0.25) is 0 Å². The van der Waals surface area contributed by atoms with Crippen molar-refractivity contribution in [2.75, 3.05) is 24.1 Å². The van der Waals surface area contributed by atoms with Crippen LogP contribution in [0.25, 0.3) is 0 Å². The lowest BCUT2D eigenvalue weighted by molar-refractivity contribution is -0.114. The van der Waals surface area contributed by atoms with Crippen molar-refractivity contribution in [2.24, 2.45) is 5.10 Å². The second-order valence-corrected chi connectivity index (χ2v) is 5.96. The van der Waals surface area contributed by atoms with Crippen molar-refractivity contribution in [3.8, 4) is 0 Å². The molecule has 3 aliphatic rings. The van der Waals surface area contributed by atoms with Crippen LogP contribution in [0, 0.1) is 0 Å². The number of carbonyl (C=O) groups is 1. The SMILES string of the molecule is Nc1cnnc(NC(=O)C2=CNC3C=CC(N4CC[C@H](F)C4)=NN23)c1. The van der Waals surface area contributed by atoms with E-state index in [1.807, 2.05) is 17.1 Å². The predicted octanol–water partition coefficient (Wildman–Crippen LogP) is -0.00290. The highest BCUT2D eigenvalue weighted by Gasteiger charge is 2.33. The second-order valence-electron chi connectivity index (χ2n) is 5.96. The number of aromatic nitrogens is 2. The number of nitrogen functional groups attached to an aromatic ring is 1. The lowest BCUT2D eigenvalue weighted by Crippen LogP contribution is -2.40. The molecule has 4 rings (SSSR count). The van der Waals surface area contributed by atoms with Crippen molar-refractivity contribution >= 4 is 23.2 Å². The zero-order valence-corrected chi connectivity index (χ0v) is 13.3. The molecule has 1 aromatic rings. The van der Waals surface area contributed by atoms with Crippen molar-refractivity contribution in [2.45, 2.75) is 18.8 Å². The number of nitrogens with one attached hydrogen (secondary N) is 2. The summed E-state index contributed by atoms with van der Waals surface area (Å²) in [7, 11) is 0. The Morgan fingerprint density at radius 1 is 1.48 bits per heavy atom. The van der Waals surface area contributed by atoms with Crippen molar-refractivity contribution in [1.82, 2.24) is 25.4 Å². The number of hydrogen-bond acceptors (Lipinski definition) is 8. The quantitative estimate of drug-likeness (QED) is 0.692. The minimum absolute atomic E-state index is 0.250. The van der Waals surface area contributed by atoms with E-state index in [0.717, 1.165) is 0 Å². The van der Waals surface area contributed by atoms with Gasteiger partial charge in [-0.2, -0.15) is 10.2 Å². The number of nitrogens with two attached hydrogens (primary N) is 1. The van der Waals surface area contributed by atoms with Crippen molar-refractivity contribution in [3.63, 3.8) is 0 Å². The maximum Gasteiger partial charge on any atom is 0.276 e. The standard InChI is InChI=1S/C15H17FN8O/c16-9-3-4-23(8-9)14-2-1-13-18-7-11(24(13)22-14)15(25)20-12-5-10(17)6-19-21-12/h1-2,5-7,9,13,18H,3-4,8H2,(H3,17,20,21,25)/t9-,13?/m0/s1. The molecule has 1 aromatic heterocycles. The Bertz CT molecular complexity index is 791. The Labute approximate surface area is 143 Å². The van der Waals surface area contributed by atoms with Gasteiger partial charge in [-0.05, 0) is 18.6 Å². The van der Waals surface area contributed by atoms with Gasteiger partial charge in [0.15, 0.2) is 5.82 Å². The van der Waals surface area contributed by atoms with Crippen LogP contribution in [0.4, 0.5) is 15.9 Å². The Balaban J connectivity index is 1.50. The number of alkyl halides is 1. The molecule has 1 saturated heterocycles. The van der Waals surface area contributed by atoms with E-state index in [-0.39, 0.29) is 12.0 Å². The largest absolute Gasteiger partial charge is 0.397 e. The molecule has 0 saturated carbocycles. The molecule has 2 atom stereocenters. The molecule has 25 heavy (non-hydrogen) atoms. The average molecular weight is 344 g/mol. The Morgan fingerprint density at radius 3 is 3.12 bits per heavy atom. The van der Waals surface area contributed by atoms with Crippen molar-refractivity contribution in [3.05, 3.63) is 36.3 Å². The fourth-order valence-corrected chi connectivity index (χ4v) is 2.91. The average Bonchev–Trinajstić information content (AvgIpc) is 3.20. The summed E-state index contributed by atoms with van der Waals surface area (Å²) in [6.07, 6.45) is 6.09. The van der Waals surface area contributed by atoms with Crippen LogP contribution in [0.5, 0.6) is 0 Å². The second kappa shape index (κ2) is 6.04. The first-order chi connectivity index (χ1) is 12.1. The number of anilines is 2. The highest BCUT2D eigenvalue weighted by Crippen LogP contribution is 2.23. The number of amides is 1. The molecule has 130 valence electrons. The molecule has 0 aromatic carbocycles. The van der Waals surface area contributed by atoms with Crippen LogP contribution in [0.3, 0.4) is 0 Å². The summed E-state index contributed by atoms with van der Waals surface area (Å²) in [6, 6.07) is 1.52. The molecule has 10 heteroatoms.